The highest BCUT2D eigenvalue weighted by atomic mass is 35.5. The lowest BCUT2D eigenvalue weighted by molar-refractivity contribution is -0.160. The average molecular weight is 229 g/mol. The van der Waals surface area contributed by atoms with Gasteiger partial charge >= 0.3 is 0 Å². The molecule has 80 valence electrons. The molecule has 0 aromatic rings. The van der Waals surface area contributed by atoms with Crippen LogP contribution in [0.3, 0.4) is 0 Å². The van der Waals surface area contributed by atoms with E-state index in [1.54, 1.807) is 0 Å². The maximum Gasteiger partial charge on any atom is 0.0725 e. The van der Waals surface area contributed by atoms with E-state index in [9.17, 15) is 0 Å². The smallest absolute Gasteiger partial charge is 0.0725 e. The lowest BCUT2D eigenvalue weighted by Gasteiger charge is -2.26. The SMILES string of the molecule is COOSCCN1CCNCC1.Cl. The van der Waals surface area contributed by atoms with Gasteiger partial charge in [-0.15, -0.1) is 12.4 Å². The zero-order valence-corrected chi connectivity index (χ0v) is 9.46. The quantitative estimate of drug-likeness (QED) is 0.322. The van der Waals surface area contributed by atoms with Gasteiger partial charge < -0.3 is 5.32 Å². The standard InChI is InChI=1S/C7H16N2O2S.ClH/c1-10-11-12-7-6-9-4-2-8-3-5-9;/h8H,2-7H2,1H3;1H. The largest absolute Gasteiger partial charge is 0.314 e. The molecule has 0 saturated carbocycles. The predicted molar refractivity (Wildman–Crippen MR) is 57.1 cm³/mol. The normalized spacial score (nSPS) is 18.2. The summed E-state index contributed by atoms with van der Waals surface area (Å²) in [4.78, 5) is 6.88. The monoisotopic (exact) mass is 228 g/mol. The van der Waals surface area contributed by atoms with E-state index in [4.69, 9.17) is 4.33 Å². The molecule has 0 aromatic heterocycles. The summed E-state index contributed by atoms with van der Waals surface area (Å²) in [5.41, 5.74) is 0. The van der Waals surface area contributed by atoms with Crippen molar-refractivity contribution in [3.05, 3.63) is 0 Å². The Bertz CT molecular complexity index is 115. The first-order valence-corrected chi connectivity index (χ1v) is 5.10. The average Bonchev–Trinajstić information content (AvgIpc) is 2.14. The summed E-state index contributed by atoms with van der Waals surface area (Å²) in [7, 11) is 1.53. The molecule has 6 heteroatoms. The maximum absolute atomic E-state index is 4.70. The van der Waals surface area contributed by atoms with Crippen molar-refractivity contribution in [3.63, 3.8) is 0 Å². The summed E-state index contributed by atoms with van der Waals surface area (Å²) < 4.78 is 4.70. The van der Waals surface area contributed by atoms with Crippen LogP contribution in [-0.2, 0) is 9.22 Å². The van der Waals surface area contributed by atoms with E-state index < -0.39 is 0 Å². The third-order valence-electron chi connectivity index (χ3n) is 1.82. The molecule has 0 radical (unpaired) electrons. The van der Waals surface area contributed by atoms with Crippen molar-refractivity contribution in [2.24, 2.45) is 0 Å². The fourth-order valence-corrected chi connectivity index (χ4v) is 1.68. The molecule has 0 aromatic carbocycles. The molecule has 1 aliphatic rings. The Morgan fingerprint density at radius 2 is 2.08 bits per heavy atom. The molecule has 13 heavy (non-hydrogen) atoms. The number of nitrogens with zero attached hydrogens (tertiary/aromatic N) is 1. The summed E-state index contributed by atoms with van der Waals surface area (Å²) in [6, 6.07) is 0. The molecule has 0 bridgehead atoms. The van der Waals surface area contributed by atoms with Crippen molar-refractivity contribution in [2.45, 2.75) is 0 Å². The minimum absolute atomic E-state index is 0. The second kappa shape index (κ2) is 9.05. The summed E-state index contributed by atoms with van der Waals surface area (Å²) in [5, 5.41) is 3.31. The molecule has 1 heterocycles. The van der Waals surface area contributed by atoms with Gasteiger partial charge in [0.2, 0.25) is 0 Å². The molecule has 0 spiro atoms. The zero-order valence-electron chi connectivity index (χ0n) is 7.82. The minimum Gasteiger partial charge on any atom is -0.314 e. The van der Waals surface area contributed by atoms with Gasteiger partial charge in [-0.2, -0.15) is 4.33 Å². The number of hydrogen-bond acceptors (Lipinski definition) is 5. The highest BCUT2D eigenvalue weighted by Crippen LogP contribution is 2.03. The van der Waals surface area contributed by atoms with Crippen molar-refractivity contribution in [1.82, 2.24) is 10.2 Å². The Hall–Kier alpha value is 0.480. The Morgan fingerprint density at radius 3 is 2.69 bits per heavy atom. The van der Waals surface area contributed by atoms with E-state index in [1.807, 2.05) is 0 Å². The highest BCUT2D eigenvalue weighted by molar-refractivity contribution is 7.94. The molecule has 0 aliphatic carbocycles. The van der Waals surface area contributed by atoms with Crippen molar-refractivity contribution in [1.29, 1.82) is 0 Å². The van der Waals surface area contributed by atoms with Crippen LogP contribution in [0.5, 0.6) is 0 Å². The van der Waals surface area contributed by atoms with Crippen molar-refractivity contribution >= 4 is 24.4 Å². The van der Waals surface area contributed by atoms with Crippen LogP contribution < -0.4 is 5.32 Å². The highest BCUT2D eigenvalue weighted by Gasteiger charge is 2.08. The van der Waals surface area contributed by atoms with Crippen LogP contribution in [0.4, 0.5) is 0 Å². The van der Waals surface area contributed by atoms with Gasteiger partial charge in [-0.25, -0.2) is 4.89 Å². The second-order valence-corrected chi connectivity index (χ2v) is 3.43. The lowest BCUT2D eigenvalue weighted by Crippen LogP contribution is -2.44. The van der Waals surface area contributed by atoms with Gasteiger partial charge in [0.25, 0.3) is 0 Å². The minimum atomic E-state index is 0. The van der Waals surface area contributed by atoms with Crippen LogP contribution in [0.2, 0.25) is 0 Å². The first kappa shape index (κ1) is 13.5. The number of rotatable bonds is 5. The molecule has 0 unspecified atom stereocenters. The molecular weight excluding hydrogens is 212 g/mol. The van der Waals surface area contributed by atoms with Gasteiger partial charge in [-0.1, -0.05) is 0 Å². The zero-order chi connectivity index (χ0) is 8.65. The number of nitrogens with one attached hydrogen (secondary N) is 1. The van der Waals surface area contributed by atoms with Gasteiger partial charge in [-0.3, -0.25) is 4.90 Å². The third kappa shape index (κ3) is 6.54. The summed E-state index contributed by atoms with van der Waals surface area (Å²) in [5.74, 6) is 0.966. The van der Waals surface area contributed by atoms with E-state index in [0.29, 0.717) is 0 Å². The van der Waals surface area contributed by atoms with Gasteiger partial charge in [0.05, 0.1) is 7.11 Å². The maximum atomic E-state index is 4.70. The van der Waals surface area contributed by atoms with E-state index in [1.165, 1.54) is 19.2 Å². The number of piperazine rings is 1. The van der Waals surface area contributed by atoms with Crippen LogP contribution >= 0.6 is 24.4 Å². The van der Waals surface area contributed by atoms with Gasteiger partial charge in [0.15, 0.2) is 0 Å². The molecule has 0 atom stereocenters. The molecule has 0 amide bonds. The van der Waals surface area contributed by atoms with Crippen LogP contribution in [0.25, 0.3) is 0 Å². The molecule has 4 nitrogen and oxygen atoms in total. The Morgan fingerprint density at radius 1 is 1.38 bits per heavy atom. The number of halogens is 1. The van der Waals surface area contributed by atoms with E-state index in [-0.39, 0.29) is 12.4 Å². The van der Waals surface area contributed by atoms with E-state index in [2.05, 4.69) is 15.1 Å². The lowest BCUT2D eigenvalue weighted by atomic mass is 10.4. The van der Waals surface area contributed by atoms with E-state index >= 15 is 0 Å². The summed E-state index contributed by atoms with van der Waals surface area (Å²) >= 11 is 1.36. The van der Waals surface area contributed by atoms with Crippen molar-refractivity contribution in [3.8, 4) is 0 Å². The van der Waals surface area contributed by atoms with Crippen LogP contribution in [0, 0.1) is 0 Å². The Balaban J connectivity index is 0.00000144. The molecule has 1 saturated heterocycles. The second-order valence-electron chi connectivity index (χ2n) is 2.65. The molecular formula is C7H17ClN2O2S. The fourth-order valence-electron chi connectivity index (χ4n) is 1.18. The van der Waals surface area contributed by atoms with Crippen LogP contribution in [-0.4, -0.2) is 50.5 Å². The number of hydrogen-bond donors (Lipinski definition) is 1. The molecule has 1 aliphatic heterocycles. The summed E-state index contributed by atoms with van der Waals surface area (Å²) in [6.45, 7) is 5.59. The van der Waals surface area contributed by atoms with Crippen LogP contribution in [0.15, 0.2) is 0 Å². The van der Waals surface area contributed by atoms with Crippen LogP contribution in [0.1, 0.15) is 0 Å². The molecule has 1 rings (SSSR count). The fraction of sp³-hybridized carbons (Fsp3) is 1.00. The predicted octanol–water partition coefficient (Wildman–Crippen LogP) is 0.540. The van der Waals surface area contributed by atoms with E-state index in [0.717, 1.165) is 38.5 Å². The topological polar surface area (TPSA) is 33.7 Å². The Kier molecular flexibility index (Phi) is 9.39. The first-order valence-electron chi connectivity index (χ1n) is 4.19. The summed E-state index contributed by atoms with van der Waals surface area (Å²) in [6.07, 6.45) is 0. The van der Waals surface area contributed by atoms with Crippen molar-refractivity contribution in [2.75, 3.05) is 45.6 Å². The molecule has 1 fully saturated rings. The van der Waals surface area contributed by atoms with Gasteiger partial charge in [0, 0.05) is 50.5 Å². The van der Waals surface area contributed by atoms with Gasteiger partial charge in [0.1, 0.15) is 0 Å². The molecule has 1 N–H and O–H groups in total. The Labute approximate surface area is 89.9 Å². The van der Waals surface area contributed by atoms with Gasteiger partial charge in [-0.05, 0) is 0 Å². The van der Waals surface area contributed by atoms with Crippen molar-refractivity contribution < 1.29 is 9.22 Å². The third-order valence-corrected chi connectivity index (χ3v) is 2.40. The first-order chi connectivity index (χ1) is 5.93.